The van der Waals surface area contributed by atoms with Crippen LogP contribution in [0.5, 0.6) is 5.75 Å². The summed E-state index contributed by atoms with van der Waals surface area (Å²) in [6.45, 7) is 0.465. The van der Waals surface area contributed by atoms with E-state index in [9.17, 15) is 4.79 Å². The summed E-state index contributed by atoms with van der Waals surface area (Å²) in [5.74, 6) is 0.956. The molecule has 0 atom stereocenters. The molecular weight excluding hydrogens is 384 g/mol. The van der Waals surface area contributed by atoms with Crippen molar-refractivity contribution in [2.75, 3.05) is 0 Å². The molecule has 6 heteroatoms. The number of ether oxygens (including phenoxy) is 1. The number of halogens is 1. The molecule has 0 aliphatic heterocycles. The van der Waals surface area contributed by atoms with Gasteiger partial charge in [0.1, 0.15) is 18.1 Å². The topological polar surface area (TPSA) is 63.8 Å². The van der Waals surface area contributed by atoms with Gasteiger partial charge in [-0.05, 0) is 54.1 Å². The van der Waals surface area contributed by atoms with E-state index in [1.54, 1.807) is 36.4 Å². The molecule has 0 aliphatic rings. The van der Waals surface area contributed by atoms with E-state index in [2.05, 4.69) is 26.5 Å². The van der Waals surface area contributed by atoms with Gasteiger partial charge in [0, 0.05) is 10.0 Å². The number of nitrogens with zero attached hydrogens (tertiary/aromatic N) is 1. The van der Waals surface area contributed by atoms with E-state index in [4.69, 9.17) is 9.15 Å². The molecule has 0 saturated heterocycles. The lowest BCUT2D eigenvalue weighted by Crippen LogP contribution is -2.17. The fourth-order valence-electron chi connectivity index (χ4n) is 2.03. The Morgan fingerprint density at radius 2 is 1.88 bits per heavy atom. The number of furan rings is 1. The van der Waals surface area contributed by atoms with Crippen LogP contribution in [-0.4, -0.2) is 12.1 Å². The van der Waals surface area contributed by atoms with Gasteiger partial charge < -0.3 is 9.15 Å². The van der Waals surface area contributed by atoms with Crippen LogP contribution >= 0.6 is 15.9 Å². The normalized spacial score (nSPS) is 10.8. The predicted octanol–water partition coefficient (Wildman–Crippen LogP) is 4.39. The van der Waals surface area contributed by atoms with Crippen molar-refractivity contribution in [2.45, 2.75) is 6.61 Å². The molecule has 126 valence electrons. The van der Waals surface area contributed by atoms with Crippen LogP contribution in [0, 0.1) is 0 Å². The van der Waals surface area contributed by atoms with Crippen molar-refractivity contribution in [3.05, 3.63) is 88.3 Å². The third kappa shape index (κ3) is 5.06. The molecular formula is C19H15BrN2O3. The number of carbonyl (C=O) groups excluding carboxylic acids is 1. The zero-order valence-electron chi connectivity index (χ0n) is 13.2. The summed E-state index contributed by atoms with van der Waals surface area (Å²) < 4.78 is 11.8. The molecule has 2 aromatic carbocycles. The molecule has 25 heavy (non-hydrogen) atoms. The Labute approximate surface area is 153 Å². The summed E-state index contributed by atoms with van der Waals surface area (Å²) in [6, 6.07) is 18.3. The minimum Gasteiger partial charge on any atom is -0.489 e. The number of benzene rings is 2. The first kappa shape index (κ1) is 17.0. The third-order valence-electron chi connectivity index (χ3n) is 3.34. The van der Waals surface area contributed by atoms with Crippen molar-refractivity contribution in [1.29, 1.82) is 0 Å². The maximum absolute atomic E-state index is 12.0. The van der Waals surface area contributed by atoms with Crippen molar-refractivity contribution >= 4 is 28.1 Å². The van der Waals surface area contributed by atoms with Gasteiger partial charge in [-0.15, -0.1) is 0 Å². The van der Waals surface area contributed by atoms with Gasteiger partial charge in [0.25, 0.3) is 5.91 Å². The summed E-state index contributed by atoms with van der Waals surface area (Å²) >= 11 is 3.40. The van der Waals surface area contributed by atoms with Crippen molar-refractivity contribution in [3.8, 4) is 5.75 Å². The van der Waals surface area contributed by atoms with Crippen molar-refractivity contribution in [2.24, 2.45) is 5.10 Å². The van der Waals surface area contributed by atoms with E-state index in [1.807, 2.05) is 24.3 Å². The summed E-state index contributed by atoms with van der Waals surface area (Å²) in [5.41, 5.74) is 4.01. The molecule has 5 nitrogen and oxygen atoms in total. The van der Waals surface area contributed by atoms with Crippen LogP contribution in [0.25, 0.3) is 0 Å². The number of hydrogen-bond acceptors (Lipinski definition) is 4. The highest BCUT2D eigenvalue weighted by Crippen LogP contribution is 2.16. The largest absolute Gasteiger partial charge is 0.489 e. The number of nitrogens with one attached hydrogen (secondary N) is 1. The zero-order valence-corrected chi connectivity index (χ0v) is 14.8. The second kappa shape index (κ2) is 8.30. The van der Waals surface area contributed by atoms with Crippen LogP contribution < -0.4 is 10.2 Å². The first-order valence-electron chi connectivity index (χ1n) is 7.55. The number of amides is 1. The fraction of sp³-hybridized carbons (Fsp3) is 0.0526. The van der Waals surface area contributed by atoms with E-state index in [0.717, 1.165) is 10.0 Å². The van der Waals surface area contributed by atoms with E-state index < -0.39 is 0 Å². The first-order chi connectivity index (χ1) is 12.2. The second-order valence-electron chi connectivity index (χ2n) is 5.15. The summed E-state index contributed by atoms with van der Waals surface area (Å²) in [7, 11) is 0. The quantitative estimate of drug-likeness (QED) is 0.494. The monoisotopic (exact) mass is 398 g/mol. The van der Waals surface area contributed by atoms with Gasteiger partial charge in [-0.2, -0.15) is 5.10 Å². The summed E-state index contributed by atoms with van der Waals surface area (Å²) in [4.78, 5) is 12.0. The lowest BCUT2D eigenvalue weighted by atomic mass is 10.2. The molecule has 1 amide bonds. The summed E-state index contributed by atoms with van der Waals surface area (Å²) in [5, 5.41) is 3.84. The number of rotatable bonds is 6. The third-order valence-corrected chi connectivity index (χ3v) is 3.86. The van der Waals surface area contributed by atoms with Gasteiger partial charge in [-0.3, -0.25) is 4.79 Å². The van der Waals surface area contributed by atoms with Gasteiger partial charge in [-0.25, -0.2) is 5.43 Å². The molecule has 0 radical (unpaired) electrons. The van der Waals surface area contributed by atoms with Crippen LogP contribution in [0.3, 0.4) is 0 Å². The fourth-order valence-corrected chi connectivity index (χ4v) is 2.30. The minimum absolute atomic E-state index is 0.303. The molecule has 0 spiro atoms. The van der Waals surface area contributed by atoms with E-state index in [-0.39, 0.29) is 5.91 Å². The molecule has 0 aliphatic carbocycles. The SMILES string of the molecule is O=C(N/N=C\c1ccco1)c1ccc(OCc2ccc(Br)cc2)cc1. The molecule has 3 aromatic rings. The predicted molar refractivity (Wildman–Crippen MR) is 98.7 cm³/mol. The highest BCUT2D eigenvalue weighted by atomic mass is 79.9. The Morgan fingerprint density at radius 1 is 1.12 bits per heavy atom. The van der Waals surface area contributed by atoms with Crippen LogP contribution in [0.1, 0.15) is 21.7 Å². The Hall–Kier alpha value is -2.86. The Balaban J connectivity index is 1.52. The highest BCUT2D eigenvalue weighted by molar-refractivity contribution is 9.10. The van der Waals surface area contributed by atoms with Crippen molar-refractivity contribution in [3.63, 3.8) is 0 Å². The number of hydrazone groups is 1. The molecule has 0 unspecified atom stereocenters. The average Bonchev–Trinajstić information content (AvgIpc) is 3.15. The lowest BCUT2D eigenvalue weighted by Gasteiger charge is -2.07. The highest BCUT2D eigenvalue weighted by Gasteiger charge is 2.04. The van der Waals surface area contributed by atoms with Gasteiger partial charge in [-0.1, -0.05) is 28.1 Å². The van der Waals surface area contributed by atoms with Gasteiger partial charge in [0.05, 0.1) is 12.5 Å². The number of hydrogen-bond donors (Lipinski definition) is 1. The van der Waals surface area contributed by atoms with Crippen LogP contribution in [0.2, 0.25) is 0 Å². The lowest BCUT2D eigenvalue weighted by molar-refractivity contribution is 0.0955. The molecule has 1 aromatic heterocycles. The zero-order chi connectivity index (χ0) is 17.5. The molecule has 3 rings (SSSR count). The molecule has 0 fully saturated rings. The smallest absolute Gasteiger partial charge is 0.271 e. The maximum atomic E-state index is 12.0. The second-order valence-corrected chi connectivity index (χ2v) is 6.07. The van der Waals surface area contributed by atoms with E-state index in [1.165, 1.54) is 12.5 Å². The maximum Gasteiger partial charge on any atom is 0.271 e. The molecule has 1 heterocycles. The van der Waals surface area contributed by atoms with Crippen molar-refractivity contribution < 1.29 is 13.9 Å². The van der Waals surface area contributed by atoms with Crippen molar-refractivity contribution in [1.82, 2.24) is 5.43 Å². The van der Waals surface area contributed by atoms with Crippen LogP contribution in [0.4, 0.5) is 0 Å². The van der Waals surface area contributed by atoms with Crippen LogP contribution in [-0.2, 0) is 6.61 Å². The van der Waals surface area contributed by atoms with Gasteiger partial charge in [0.2, 0.25) is 0 Å². The Morgan fingerprint density at radius 3 is 2.56 bits per heavy atom. The molecule has 1 N–H and O–H groups in total. The Bertz CT molecular complexity index is 841. The van der Waals surface area contributed by atoms with E-state index in [0.29, 0.717) is 23.7 Å². The molecule has 0 saturated carbocycles. The van der Waals surface area contributed by atoms with Gasteiger partial charge >= 0.3 is 0 Å². The Kier molecular flexibility index (Phi) is 5.64. The first-order valence-corrected chi connectivity index (χ1v) is 8.34. The standard InChI is InChI=1S/C19H15BrN2O3/c20-16-7-3-14(4-8-16)13-25-17-9-5-15(6-10-17)19(23)22-21-12-18-2-1-11-24-18/h1-12H,13H2,(H,22,23)/b21-12-. The minimum atomic E-state index is -0.303. The van der Waals surface area contributed by atoms with E-state index >= 15 is 0 Å². The van der Waals surface area contributed by atoms with Gasteiger partial charge in [0.15, 0.2) is 0 Å². The number of carbonyl (C=O) groups is 1. The summed E-state index contributed by atoms with van der Waals surface area (Å²) in [6.07, 6.45) is 2.98. The molecule has 0 bridgehead atoms. The van der Waals surface area contributed by atoms with Crippen LogP contribution in [0.15, 0.2) is 80.9 Å². The average molecular weight is 399 g/mol.